The molecule has 0 aliphatic heterocycles. The highest BCUT2D eigenvalue weighted by Crippen LogP contribution is 2.46. The fourth-order valence-electron chi connectivity index (χ4n) is 6.11. The molecule has 0 unspecified atom stereocenters. The third-order valence-corrected chi connectivity index (χ3v) is 8.76. The van der Waals surface area contributed by atoms with Gasteiger partial charge in [0.15, 0.2) is 0 Å². The Bertz CT molecular complexity index is 2330. The van der Waals surface area contributed by atoms with Crippen molar-refractivity contribution >= 4 is 91.4 Å². The average molecular weight is 464 g/mol. The summed E-state index contributed by atoms with van der Waals surface area (Å²) in [6.45, 7) is 0. The van der Waals surface area contributed by atoms with Gasteiger partial charge in [-0.25, -0.2) is 0 Å². The second-order valence-electron chi connectivity index (χ2n) is 9.33. The quantitative estimate of drug-likeness (QED) is 0.205. The lowest BCUT2D eigenvalue weighted by atomic mass is 9.98. The van der Waals surface area contributed by atoms with Gasteiger partial charge in [-0.3, -0.25) is 0 Å². The predicted octanol–water partition coefficient (Wildman–Crippen LogP) is 9.67. The summed E-state index contributed by atoms with van der Waals surface area (Å²) in [6.07, 6.45) is 2.30. The van der Waals surface area contributed by atoms with E-state index in [-0.39, 0.29) is 0 Å². The Morgan fingerprint density at radius 1 is 0.543 bits per heavy atom. The number of benzene rings is 5. The lowest BCUT2D eigenvalue weighted by molar-refractivity contribution is 0.669. The molecule has 35 heavy (non-hydrogen) atoms. The maximum atomic E-state index is 6.34. The highest BCUT2D eigenvalue weighted by Gasteiger charge is 2.20. The van der Waals surface area contributed by atoms with Crippen molar-refractivity contribution in [3.8, 4) is 0 Å². The molecule has 0 aliphatic carbocycles. The van der Waals surface area contributed by atoms with Crippen LogP contribution < -0.4 is 0 Å². The van der Waals surface area contributed by atoms with E-state index in [0.29, 0.717) is 0 Å². The second kappa shape index (κ2) is 6.21. The monoisotopic (exact) mass is 463 g/mol. The van der Waals surface area contributed by atoms with E-state index in [1.807, 2.05) is 17.4 Å². The first kappa shape index (κ1) is 18.0. The molecule has 3 heteroatoms. The molecule has 9 rings (SSSR count). The Labute approximate surface area is 203 Å². The van der Waals surface area contributed by atoms with E-state index in [9.17, 15) is 0 Å². The van der Waals surface area contributed by atoms with Crippen LogP contribution in [0, 0.1) is 0 Å². The number of rotatable bonds is 0. The van der Waals surface area contributed by atoms with Crippen molar-refractivity contribution in [1.82, 2.24) is 4.40 Å². The fraction of sp³-hybridized carbons (Fsp3) is 0. The number of thiophene rings is 1. The van der Waals surface area contributed by atoms with Crippen LogP contribution in [0.3, 0.4) is 0 Å². The van der Waals surface area contributed by atoms with Gasteiger partial charge in [0.05, 0.1) is 11.0 Å². The van der Waals surface area contributed by atoms with Gasteiger partial charge in [0.1, 0.15) is 11.2 Å². The zero-order valence-electron chi connectivity index (χ0n) is 18.6. The fourth-order valence-corrected chi connectivity index (χ4v) is 7.37. The molecule has 0 atom stereocenters. The molecule has 5 aromatic carbocycles. The van der Waals surface area contributed by atoms with E-state index in [0.717, 1.165) is 11.2 Å². The smallest absolute Gasteiger partial charge is 0.136 e. The number of hydrogen-bond donors (Lipinski definition) is 0. The molecule has 0 bridgehead atoms. The van der Waals surface area contributed by atoms with Gasteiger partial charge in [0.25, 0.3) is 0 Å². The van der Waals surface area contributed by atoms with Crippen LogP contribution in [-0.2, 0) is 0 Å². The minimum absolute atomic E-state index is 0.934. The third-order valence-electron chi connectivity index (χ3n) is 7.56. The van der Waals surface area contributed by atoms with Gasteiger partial charge < -0.3 is 8.82 Å². The minimum atomic E-state index is 0.934. The third kappa shape index (κ3) is 2.15. The van der Waals surface area contributed by atoms with Crippen molar-refractivity contribution in [2.45, 2.75) is 0 Å². The van der Waals surface area contributed by atoms with Gasteiger partial charge in [-0.2, -0.15) is 0 Å². The Kier molecular flexibility index (Phi) is 3.20. The first-order chi connectivity index (χ1) is 17.4. The number of fused-ring (bicyclic) bond motifs is 16. The molecule has 4 aromatic heterocycles. The summed E-state index contributed by atoms with van der Waals surface area (Å²) >= 11 is 1.90. The SMILES string of the molecule is c1ccc2c(c1)cn1c3ccc4c5ccccc5sc4c3c3ccc4oc5ccccc5c4c3c21. The predicted molar refractivity (Wildman–Crippen MR) is 150 cm³/mol. The van der Waals surface area contributed by atoms with Crippen LogP contribution in [0.15, 0.2) is 108 Å². The standard InChI is InChI=1S/C32H17NOS/c1-2-8-19-18(7-1)17-33-24-15-13-21-20-9-4-6-12-27(20)35-32(21)28(24)23-14-16-26-29(30(23)31(19)33)22-10-3-5-11-25(22)34-26/h1-17H. The van der Waals surface area contributed by atoms with Crippen LogP contribution in [0.4, 0.5) is 0 Å². The van der Waals surface area contributed by atoms with Crippen molar-refractivity contribution in [3.05, 3.63) is 103 Å². The topological polar surface area (TPSA) is 17.6 Å². The summed E-state index contributed by atoms with van der Waals surface area (Å²) in [4.78, 5) is 0. The van der Waals surface area contributed by atoms with Crippen LogP contribution in [-0.4, -0.2) is 4.40 Å². The highest BCUT2D eigenvalue weighted by atomic mass is 32.1. The molecule has 0 saturated heterocycles. The molecule has 0 fully saturated rings. The summed E-state index contributed by atoms with van der Waals surface area (Å²) in [5, 5.41) is 11.4. The van der Waals surface area contributed by atoms with Crippen LogP contribution >= 0.6 is 11.3 Å². The van der Waals surface area contributed by atoms with Crippen molar-refractivity contribution in [2.75, 3.05) is 0 Å². The molecule has 162 valence electrons. The Hall–Kier alpha value is -4.34. The maximum absolute atomic E-state index is 6.34. The van der Waals surface area contributed by atoms with Gasteiger partial charge >= 0.3 is 0 Å². The first-order valence-electron chi connectivity index (χ1n) is 11.9. The van der Waals surface area contributed by atoms with E-state index >= 15 is 0 Å². The zero-order chi connectivity index (χ0) is 22.7. The largest absolute Gasteiger partial charge is 0.456 e. The number of aromatic nitrogens is 1. The summed E-state index contributed by atoms with van der Waals surface area (Å²) in [6, 6.07) is 34.9. The maximum Gasteiger partial charge on any atom is 0.136 e. The Balaban J connectivity index is 1.69. The minimum Gasteiger partial charge on any atom is -0.456 e. The highest BCUT2D eigenvalue weighted by molar-refractivity contribution is 7.26. The van der Waals surface area contributed by atoms with Crippen LogP contribution in [0.2, 0.25) is 0 Å². The molecule has 0 aliphatic rings. The van der Waals surface area contributed by atoms with E-state index in [4.69, 9.17) is 4.42 Å². The molecular formula is C32H17NOS. The molecule has 0 radical (unpaired) electrons. The van der Waals surface area contributed by atoms with Gasteiger partial charge in [0.2, 0.25) is 0 Å². The van der Waals surface area contributed by atoms with Crippen molar-refractivity contribution < 1.29 is 4.42 Å². The second-order valence-corrected chi connectivity index (χ2v) is 10.4. The van der Waals surface area contributed by atoms with Crippen LogP contribution in [0.5, 0.6) is 0 Å². The average Bonchev–Trinajstić information content (AvgIpc) is 3.59. The van der Waals surface area contributed by atoms with E-state index in [2.05, 4.69) is 102 Å². The normalized spacial score (nSPS) is 12.6. The zero-order valence-corrected chi connectivity index (χ0v) is 19.4. The summed E-state index contributed by atoms with van der Waals surface area (Å²) < 4.78 is 11.4. The summed E-state index contributed by atoms with van der Waals surface area (Å²) in [5.41, 5.74) is 4.37. The molecule has 0 N–H and O–H groups in total. The van der Waals surface area contributed by atoms with Crippen LogP contribution in [0.25, 0.3) is 80.1 Å². The number of para-hydroxylation sites is 1. The summed E-state index contributed by atoms with van der Waals surface area (Å²) in [7, 11) is 0. The van der Waals surface area contributed by atoms with Gasteiger partial charge in [-0.1, -0.05) is 66.7 Å². The van der Waals surface area contributed by atoms with Gasteiger partial charge in [-0.15, -0.1) is 11.3 Å². The Morgan fingerprint density at radius 2 is 1.31 bits per heavy atom. The molecule has 0 amide bonds. The molecule has 2 nitrogen and oxygen atoms in total. The number of nitrogens with zero attached hydrogens (tertiary/aromatic N) is 1. The molecule has 0 spiro atoms. The Morgan fingerprint density at radius 3 is 2.26 bits per heavy atom. The number of furan rings is 1. The summed E-state index contributed by atoms with van der Waals surface area (Å²) in [5.74, 6) is 0. The van der Waals surface area contributed by atoms with E-state index in [1.165, 1.54) is 68.9 Å². The first-order valence-corrected chi connectivity index (χ1v) is 12.7. The number of hydrogen-bond acceptors (Lipinski definition) is 2. The molecule has 9 aromatic rings. The molecule has 0 saturated carbocycles. The lowest BCUT2D eigenvalue weighted by Crippen LogP contribution is -1.90. The van der Waals surface area contributed by atoms with Crippen molar-refractivity contribution in [1.29, 1.82) is 0 Å². The van der Waals surface area contributed by atoms with Crippen molar-refractivity contribution in [3.63, 3.8) is 0 Å². The van der Waals surface area contributed by atoms with E-state index in [1.54, 1.807) is 0 Å². The van der Waals surface area contributed by atoms with E-state index < -0.39 is 0 Å². The van der Waals surface area contributed by atoms with Crippen LogP contribution in [0.1, 0.15) is 0 Å². The lowest BCUT2D eigenvalue weighted by Gasteiger charge is -2.12. The van der Waals surface area contributed by atoms with Crippen molar-refractivity contribution in [2.24, 2.45) is 0 Å². The number of pyridine rings is 1. The van der Waals surface area contributed by atoms with Gasteiger partial charge in [-0.05, 0) is 35.7 Å². The molecule has 4 heterocycles. The van der Waals surface area contributed by atoms with Gasteiger partial charge in [0, 0.05) is 58.7 Å². The molecular weight excluding hydrogens is 446 g/mol.